The summed E-state index contributed by atoms with van der Waals surface area (Å²) >= 11 is 5.82. The molecule has 0 unspecified atom stereocenters. The minimum Gasteiger partial charge on any atom is -0.471 e. The Morgan fingerprint density at radius 2 is 2.04 bits per heavy atom. The molecule has 6 nitrogen and oxygen atoms in total. The Morgan fingerprint density at radius 1 is 1.08 bits per heavy atom. The molecule has 0 aliphatic carbocycles. The highest BCUT2D eigenvalue weighted by molar-refractivity contribution is 6.29. The maximum absolute atomic E-state index is 5.82. The van der Waals surface area contributed by atoms with Crippen molar-refractivity contribution in [1.29, 1.82) is 0 Å². The van der Waals surface area contributed by atoms with Crippen LogP contribution in [-0.4, -0.2) is 19.7 Å². The van der Waals surface area contributed by atoms with Crippen LogP contribution in [0.2, 0.25) is 5.15 Å². The molecular weight excluding hydrogens is 338 g/mol. The predicted octanol–water partition coefficient (Wildman–Crippen LogP) is 4.26. The second-order valence-corrected chi connectivity index (χ2v) is 5.74. The number of halogens is 1. The normalized spacial score (nSPS) is 10.8. The van der Waals surface area contributed by atoms with Gasteiger partial charge in [-0.1, -0.05) is 11.6 Å². The van der Waals surface area contributed by atoms with Crippen LogP contribution in [0.25, 0.3) is 10.8 Å². The van der Waals surface area contributed by atoms with Crippen molar-refractivity contribution >= 4 is 33.9 Å². The van der Waals surface area contributed by atoms with E-state index in [2.05, 4.69) is 20.4 Å². The van der Waals surface area contributed by atoms with Gasteiger partial charge in [0.25, 0.3) is 0 Å². The first kappa shape index (κ1) is 15.4. The van der Waals surface area contributed by atoms with Crippen LogP contribution in [0, 0.1) is 0 Å². The summed E-state index contributed by atoms with van der Waals surface area (Å²) in [6.45, 7) is 0.366. The quantitative estimate of drug-likeness (QED) is 0.544. The van der Waals surface area contributed by atoms with Crippen molar-refractivity contribution in [3.05, 3.63) is 72.4 Å². The Morgan fingerprint density at radius 3 is 2.84 bits per heavy atom. The number of nitrogens with one attached hydrogen (secondary N) is 1. The van der Waals surface area contributed by atoms with Crippen molar-refractivity contribution in [2.45, 2.75) is 6.73 Å². The molecule has 25 heavy (non-hydrogen) atoms. The molecular formula is C18H14ClN5O. The minimum atomic E-state index is 0.366. The predicted molar refractivity (Wildman–Crippen MR) is 97.1 cm³/mol. The number of aromatic nitrogens is 4. The standard InChI is InChI=1S/C18H14ClN5O/c19-17-5-2-14(11-21-17)23-18-16-4-3-15(10-13(16)6-8-20-18)25-12-24-9-1-7-22-24/h1-11H,12H2,(H,20,23). The first-order chi connectivity index (χ1) is 12.3. The largest absolute Gasteiger partial charge is 0.471 e. The van der Waals surface area contributed by atoms with Gasteiger partial charge < -0.3 is 10.1 Å². The highest BCUT2D eigenvalue weighted by atomic mass is 35.5. The molecule has 0 saturated carbocycles. The SMILES string of the molecule is Clc1ccc(Nc2nccc3cc(OCn4cccn4)ccc23)cn1. The molecule has 1 N–H and O–H groups in total. The Balaban J connectivity index is 1.57. The highest BCUT2D eigenvalue weighted by Crippen LogP contribution is 2.27. The third kappa shape index (κ3) is 3.54. The van der Waals surface area contributed by atoms with E-state index in [0.29, 0.717) is 11.9 Å². The van der Waals surface area contributed by atoms with E-state index in [-0.39, 0.29) is 0 Å². The number of anilines is 2. The average molecular weight is 352 g/mol. The molecule has 3 heterocycles. The molecule has 0 amide bonds. The second-order valence-electron chi connectivity index (χ2n) is 5.36. The Bertz CT molecular complexity index is 986. The van der Waals surface area contributed by atoms with Gasteiger partial charge in [0.1, 0.15) is 16.7 Å². The molecule has 0 spiro atoms. The fourth-order valence-corrected chi connectivity index (χ4v) is 2.56. The van der Waals surface area contributed by atoms with Crippen molar-refractivity contribution < 1.29 is 4.74 Å². The zero-order valence-corrected chi connectivity index (χ0v) is 13.9. The van der Waals surface area contributed by atoms with Crippen LogP contribution >= 0.6 is 11.6 Å². The van der Waals surface area contributed by atoms with Gasteiger partial charge in [-0.05, 0) is 47.9 Å². The lowest BCUT2D eigenvalue weighted by molar-refractivity contribution is 0.221. The smallest absolute Gasteiger partial charge is 0.180 e. The summed E-state index contributed by atoms with van der Waals surface area (Å²) in [6, 6.07) is 13.3. The number of fused-ring (bicyclic) bond motifs is 1. The molecule has 4 aromatic rings. The van der Waals surface area contributed by atoms with Crippen LogP contribution < -0.4 is 10.1 Å². The molecule has 1 aromatic carbocycles. The number of rotatable bonds is 5. The third-order valence-corrected chi connectivity index (χ3v) is 3.87. The van der Waals surface area contributed by atoms with Gasteiger partial charge in [-0.15, -0.1) is 0 Å². The zero-order chi connectivity index (χ0) is 17.1. The highest BCUT2D eigenvalue weighted by Gasteiger charge is 2.05. The average Bonchev–Trinajstić information content (AvgIpc) is 3.15. The summed E-state index contributed by atoms with van der Waals surface area (Å²) in [5, 5.41) is 9.85. The van der Waals surface area contributed by atoms with E-state index in [1.807, 2.05) is 42.6 Å². The van der Waals surface area contributed by atoms with E-state index < -0.39 is 0 Å². The van der Waals surface area contributed by atoms with Crippen LogP contribution in [0.1, 0.15) is 0 Å². The number of hydrogen-bond acceptors (Lipinski definition) is 5. The lowest BCUT2D eigenvalue weighted by Gasteiger charge is -2.11. The lowest BCUT2D eigenvalue weighted by Crippen LogP contribution is -2.05. The van der Waals surface area contributed by atoms with E-state index in [9.17, 15) is 0 Å². The molecule has 7 heteroatoms. The fourth-order valence-electron chi connectivity index (χ4n) is 2.45. The molecule has 3 aromatic heterocycles. The van der Waals surface area contributed by atoms with Gasteiger partial charge in [-0.25, -0.2) is 14.6 Å². The van der Waals surface area contributed by atoms with Crippen molar-refractivity contribution in [1.82, 2.24) is 19.7 Å². The zero-order valence-electron chi connectivity index (χ0n) is 13.1. The van der Waals surface area contributed by atoms with Crippen LogP contribution in [-0.2, 0) is 6.73 Å². The number of benzene rings is 1. The van der Waals surface area contributed by atoms with Gasteiger partial charge in [0.15, 0.2) is 6.73 Å². The topological polar surface area (TPSA) is 64.9 Å². The molecule has 124 valence electrons. The van der Waals surface area contributed by atoms with Crippen LogP contribution in [0.15, 0.2) is 67.3 Å². The van der Waals surface area contributed by atoms with Gasteiger partial charge in [0.05, 0.1) is 11.9 Å². The third-order valence-electron chi connectivity index (χ3n) is 3.65. The van der Waals surface area contributed by atoms with Gasteiger partial charge in [0.2, 0.25) is 0 Å². The van der Waals surface area contributed by atoms with Gasteiger partial charge >= 0.3 is 0 Å². The lowest BCUT2D eigenvalue weighted by atomic mass is 10.1. The molecule has 4 rings (SSSR count). The maximum atomic E-state index is 5.82. The first-order valence-electron chi connectivity index (χ1n) is 7.65. The van der Waals surface area contributed by atoms with Crippen molar-refractivity contribution in [2.75, 3.05) is 5.32 Å². The summed E-state index contributed by atoms with van der Waals surface area (Å²) in [4.78, 5) is 8.48. The van der Waals surface area contributed by atoms with E-state index in [4.69, 9.17) is 16.3 Å². The molecule has 0 bridgehead atoms. The fraction of sp³-hybridized carbons (Fsp3) is 0.0556. The molecule has 0 fully saturated rings. The molecule has 0 radical (unpaired) electrons. The minimum absolute atomic E-state index is 0.366. The van der Waals surface area contributed by atoms with E-state index >= 15 is 0 Å². The second kappa shape index (κ2) is 6.78. The Kier molecular flexibility index (Phi) is 4.18. The van der Waals surface area contributed by atoms with Crippen molar-refractivity contribution in [3.63, 3.8) is 0 Å². The van der Waals surface area contributed by atoms with Crippen LogP contribution in [0.5, 0.6) is 5.75 Å². The summed E-state index contributed by atoms with van der Waals surface area (Å²) in [5.41, 5.74) is 0.823. The van der Waals surface area contributed by atoms with Crippen LogP contribution in [0.3, 0.4) is 0 Å². The summed E-state index contributed by atoms with van der Waals surface area (Å²) < 4.78 is 7.48. The number of pyridine rings is 2. The van der Waals surface area contributed by atoms with Crippen LogP contribution in [0.4, 0.5) is 11.5 Å². The van der Waals surface area contributed by atoms with Gasteiger partial charge in [-0.3, -0.25) is 0 Å². The maximum Gasteiger partial charge on any atom is 0.180 e. The Labute approximate surface area is 149 Å². The summed E-state index contributed by atoms with van der Waals surface area (Å²) in [5.74, 6) is 1.52. The molecule has 0 saturated heterocycles. The monoisotopic (exact) mass is 351 g/mol. The Hall–Kier alpha value is -3.12. The number of ether oxygens (including phenoxy) is 1. The summed E-state index contributed by atoms with van der Waals surface area (Å²) in [7, 11) is 0. The van der Waals surface area contributed by atoms with Gasteiger partial charge in [0, 0.05) is 24.0 Å². The molecule has 0 aliphatic heterocycles. The molecule has 0 atom stereocenters. The molecule has 0 aliphatic rings. The number of nitrogens with zero attached hydrogens (tertiary/aromatic N) is 4. The van der Waals surface area contributed by atoms with Crippen molar-refractivity contribution in [2.24, 2.45) is 0 Å². The van der Waals surface area contributed by atoms with Crippen molar-refractivity contribution in [3.8, 4) is 5.75 Å². The summed E-state index contributed by atoms with van der Waals surface area (Å²) in [6.07, 6.45) is 7.00. The van der Waals surface area contributed by atoms with E-state index in [1.165, 1.54) is 0 Å². The first-order valence-corrected chi connectivity index (χ1v) is 8.03. The number of hydrogen-bond donors (Lipinski definition) is 1. The van der Waals surface area contributed by atoms with E-state index in [1.54, 1.807) is 29.3 Å². The van der Waals surface area contributed by atoms with E-state index in [0.717, 1.165) is 28.0 Å². The van der Waals surface area contributed by atoms with Gasteiger partial charge in [-0.2, -0.15) is 5.10 Å².